The van der Waals surface area contributed by atoms with Crippen LogP contribution in [-0.2, 0) is 4.79 Å². The van der Waals surface area contributed by atoms with Gasteiger partial charge in [-0.15, -0.1) is 0 Å². The number of benzene rings is 1. The number of carbonyl (C=O) groups is 1. The maximum absolute atomic E-state index is 11.9. The van der Waals surface area contributed by atoms with Crippen LogP contribution in [0.5, 0.6) is 0 Å². The summed E-state index contributed by atoms with van der Waals surface area (Å²) in [6.45, 7) is 3.90. The zero-order chi connectivity index (χ0) is 13.0. The Hall–Kier alpha value is -1.35. The minimum absolute atomic E-state index is 0.126. The summed E-state index contributed by atoms with van der Waals surface area (Å²) in [5.74, 6) is 0.610. The van der Waals surface area contributed by atoms with E-state index in [9.17, 15) is 4.79 Å². The number of hydrogen-bond donors (Lipinski definition) is 1. The first-order valence-corrected chi connectivity index (χ1v) is 6.78. The van der Waals surface area contributed by atoms with Gasteiger partial charge >= 0.3 is 0 Å². The largest absolute Gasteiger partial charge is 0.341 e. The van der Waals surface area contributed by atoms with Crippen molar-refractivity contribution >= 4 is 5.91 Å². The first kappa shape index (κ1) is 13.1. The number of nitrogens with zero attached hydrogens (tertiary/aromatic N) is 1. The molecule has 98 valence electrons. The van der Waals surface area contributed by atoms with Crippen LogP contribution in [0.2, 0.25) is 0 Å². The molecule has 18 heavy (non-hydrogen) atoms. The van der Waals surface area contributed by atoms with Crippen LogP contribution >= 0.6 is 0 Å². The van der Waals surface area contributed by atoms with Crippen molar-refractivity contribution in [2.24, 2.45) is 5.73 Å². The van der Waals surface area contributed by atoms with Gasteiger partial charge in [-0.3, -0.25) is 4.79 Å². The van der Waals surface area contributed by atoms with Crippen LogP contribution in [0.25, 0.3) is 0 Å². The van der Waals surface area contributed by atoms with Gasteiger partial charge in [0.2, 0.25) is 5.91 Å². The van der Waals surface area contributed by atoms with Crippen molar-refractivity contribution in [3.63, 3.8) is 0 Å². The highest BCUT2D eigenvalue weighted by Gasteiger charge is 2.25. The van der Waals surface area contributed by atoms with Crippen molar-refractivity contribution in [2.75, 3.05) is 13.1 Å². The molecule has 1 aromatic carbocycles. The quantitative estimate of drug-likeness (QED) is 0.884. The molecule has 1 aromatic rings. The zero-order valence-electron chi connectivity index (χ0n) is 11.0. The van der Waals surface area contributed by atoms with Gasteiger partial charge in [0.15, 0.2) is 0 Å². The lowest BCUT2D eigenvalue weighted by atomic mass is 9.97. The Balaban J connectivity index is 1.86. The van der Waals surface area contributed by atoms with E-state index in [0.717, 1.165) is 32.4 Å². The molecule has 1 aliphatic heterocycles. The van der Waals surface area contributed by atoms with Gasteiger partial charge in [-0.25, -0.2) is 0 Å². The van der Waals surface area contributed by atoms with E-state index in [0.29, 0.717) is 5.92 Å². The summed E-state index contributed by atoms with van der Waals surface area (Å²) in [6, 6.07) is 10.2. The third-order valence-electron chi connectivity index (χ3n) is 3.77. The molecule has 1 fully saturated rings. The smallest absolute Gasteiger partial charge is 0.239 e. The first-order chi connectivity index (χ1) is 8.68. The molecule has 1 aliphatic rings. The molecule has 1 heterocycles. The van der Waals surface area contributed by atoms with Crippen LogP contribution in [-0.4, -0.2) is 29.9 Å². The summed E-state index contributed by atoms with van der Waals surface area (Å²) in [5.41, 5.74) is 7.13. The zero-order valence-corrected chi connectivity index (χ0v) is 11.0. The van der Waals surface area contributed by atoms with E-state index in [1.165, 1.54) is 5.56 Å². The van der Waals surface area contributed by atoms with E-state index < -0.39 is 0 Å². The lowest BCUT2D eigenvalue weighted by molar-refractivity contribution is -0.135. The normalized spacial score (nSPS) is 22.0. The summed E-state index contributed by atoms with van der Waals surface area (Å²) in [5, 5.41) is 0. The fourth-order valence-electron chi connectivity index (χ4n) is 2.49. The molecule has 3 nitrogen and oxygen atoms in total. The summed E-state index contributed by atoms with van der Waals surface area (Å²) in [4.78, 5) is 13.8. The number of likely N-dealkylation sites (tertiary alicyclic amines) is 1. The van der Waals surface area contributed by atoms with E-state index >= 15 is 0 Å². The molecule has 2 N–H and O–H groups in total. The first-order valence-electron chi connectivity index (χ1n) is 6.78. The number of hydrogen-bond acceptors (Lipinski definition) is 2. The molecule has 0 aliphatic carbocycles. The van der Waals surface area contributed by atoms with Crippen LogP contribution in [0.3, 0.4) is 0 Å². The predicted molar refractivity (Wildman–Crippen MR) is 73.3 cm³/mol. The van der Waals surface area contributed by atoms with Gasteiger partial charge in [0, 0.05) is 13.1 Å². The summed E-state index contributed by atoms with van der Waals surface area (Å²) in [7, 11) is 0. The number of carbonyl (C=O) groups excluding carboxylic acids is 1. The summed E-state index contributed by atoms with van der Waals surface area (Å²) >= 11 is 0. The molecule has 2 rings (SSSR count). The lowest BCUT2D eigenvalue weighted by Gasteiger charge is -2.31. The Morgan fingerprint density at radius 3 is 2.83 bits per heavy atom. The number of piperidine rings is 1. The van der Waals surface area contributed by atoms with Gasteiger partial charge < -0.3 is 10.6 Å². The molecule has 1 saturated heterocycles. The van der Waals surface area contributed by atoms with Gasteiger partial charge in [0.25, 0.3) is 0 Å². The Kier molecular flexibility index (Phi) is 4.37. The Morgan fingerprint density at radius 1 is 1.39 bits per heavy atom. The highest BCUT2D eigenvalue weighted by atomic mass is 16.2. The van der Waals surface area contributed by atoms with Crippen molar-refractivity contribution < 1.29 is 4.79 Å². The second-order valence-electron chi connectivity index (χ2n) is 5.17. The molecular formula is C15H22N2O. The number of nitrogens with two attached hydrogens (primary N) is 1. The molecule has 2 atom stereocenters. The monoisotopic (exact) mass is 246 g/mol. The maximum Gasteiger partial charge on any atom is 0.239 e. The number of rotatable bonds is 4. The Bertz CT molecular complexity index is 391. The van der Waals surface area contributed by atoms with Gasteiger partial charge in [0.05, 0.1) is 6.04 Å². The molecular weight excluding hydrogens is 224 g/mol. The Morgan fingerprint density at radius 2 is 2.11 bits per heavy atom. The molecule has 1 amide bonds. The molecule has 0 aromatic heterocycles. The summed E-state index contributed by atoms with van der Waals surface area (Å²) < 4.78 is 0. The highest BCUT2D eigenvalue weighted by Crippen LogP contribution is 2.20. The van der Waals surface area contributed by atoms with E-state index in [1.54, 1.807) is 0 Å². The van der Waals surface area contributed by atoms with E-state index in [1.807, 2.05) is 11.0 Å². The molecule has 0 bridgehead atoms. The third kappa shape index (κ3) is 3.10. The van der Waals surface area contributed by atoms with E-state index in [-0.39, 0.29) is 11.9 Å². The van der Waals surface area contributed by atoms with Gasteiger partial charge in [-0.1, -0.05) is 37.3 Å². The second kappa shape index (κ2) is 6.01. The van der Waals surface area contributed by atoms with E-state index in [2.05, 4.69) is 31.2 Å². The van der Waals surface area contributed by atoms with Crippen LogP contribution in [0.1, 0.15) is 37.7 Å². The predicted octanol–water partition coefficient (Wildman–Crippen LogP) is 2.13. The van der Waals surface area contributed by atoms with Crippen LogP contribution < -0.4 is 5.73 Å². The van der Waals surface area contributed by atoms with Crippen LogP contribution in [0.4, 0.5) is 0 Å². The lowest BCUT2D eigenvalue weighted by Crippen LogP contribution is -2.48. The molecule has 0 saturated carbocycles. The van der Waals surface area contributed by atoms with E-state index in [4.69, 9.17) is 5.73 Å². The average Bonchev–Trinajstić information content (AvgIpc) is 2.41. The Labute approximate surface area is 109 Å². The van der Waals surface area contributed by atoms with Crippen molar-refractivity contribution in [3.05, 3.63) is 35.9 Å². The third-order valence-corrected chi connectivity index (χ3v) is 3.77. The standard InChI is InChI=1S/C15H22N2O/c1-12(13-6-3-2-4-7-13)9-11-17-10-5-8-14(16)15(17)18/h2-4,6-7,12,14H,5,8-11,16H2,1H3. The average molecular weight is 246 g/mol. The molecule has 0 radical (unpaired) electrons. The van der Waals surface area contributed by atoms with Gasteiger partial charge in [-0.2, -0.15) is 0 Å². The molecule has 3 heteroatoms. The van der Waals surface area contributed by atoms with Crippen LogP contribution in [0.15, 0.2) is 30.3 Å². The van der Waals surface area contributed by atoms with Crippen molar-refractivity contribution in [3.8, 4) is 0 Å². The fraction of sp³-hybridized carbons (Fsp3) is 0.533. The minimum atomic E-state index is -0.272. The second-order valence-corrected chi connectivity index (χ2v) is 5.17. The number of amides is 1. The maximum atomic E-state index is 11.9. The van der Waals surface area contributed by atoms with Crippen LogP contribution in [0, 0.1) is 0 Å². The SMILES string of the molecule is CC(CCN1CCCC(N)C1=O)c1ccccc1. The topological polar surface area (TPSA) is 46.3 Å². The minimum Gasteiger partial charge on any atom is -0.341 e. The highest BCUT2D eigenvalue weighted by molar-refractivity contribution is 5.82. The molecule has 2 unspecified atom stereocenters. The van der Waals surface area contributed by atoms with Gasteiger partial charge in [-0.05, 0) is 30.7 Å². The molecule has 0 spiro atoms. The summed E-state index contributed by atoms with van der Waals surface area (Å²) in [6.07, 6.45) is 2.87. The fourth-order valence-corrected chi connectivity index (χ4v) is 2.49. The van der Waals surface area contributed by atoms with Gasteiger partial charge in [0.1, 0.15) is 0 Å². The van der Waals surface area contributed by atoms with Crippen molar-refractivity contribution in [2.45, 2.75) is 38.1 Å². The van der Waals surface area contributed by atoms with Crippen molar-refractivity contribution in [1.29, 1.82) is 0 Å². The van der Waals surface area contributed by atoms with Crippen molar-refractivity contribution in [1.82, 2.24) is 4.90 Å².